The van der Waals surface area contributed by atoms with E-state index in [1.54, 1.807) is 0 Å². The van der Waals surface area contributed by atoms with Crippen molar-refractivity contribution in [2.24, 2.45) is 0 Å². The fourth-order valence-corrected chi connectivity index (χ4v) is 4.36. The van der Waals surface area contributed by atoms with Gasteiger partial charge in [0.2, 0.25) is 0 Å². The molecule has 2 aliphatic rings. The van der Waals surface area contributed by atoms with Crippen molar-refractivity contribution >= 4 is 17.5 Å². The summed E-state index contributed by atoms with van der Waals surface area (Å²) in [5.74, 6) is 0.0851. The highest BCUT2D eigenvalue weighted by Gasteiger charge is 2.41. The van der Waals surface area contributed by atoms with Crippen LogP contribution in [0.15, 0.2) is 54.6 Å². The monoisotopic (exact) mass is 385 g/mol. The van der Waals surface area contributed by atoms with Crippen molar-refractivity contribution in [2.45, 2.75) is 31.0 Å². The summed E-state index contributed by atoms with van der Waals surface area (Å²) in [6.07, 6.45) is 2.48. The molecule has 2 heterocycles. The van der Waals surface area contributed by atoms with E-state index in [4.69, 9.17) is 21.1 Å². The number of piperidine rings is 1. The van der Waals surface area contributed by atoms with Gasteiger partial charge in [-0.3, -0.25) is 4.79 Å². The summed E-state index contributed by atoms with van der Waals surface area (Å²) in [6, 6.07) is 17.5. The first-order chi connectivity index (χ1) is 13.2. The number of rotatable bonds is 4. The van der Waals surface area contributed by atoms with E-state index in [9.17, 15) is 4.79 Å². The Hall–Kier alpha value is -1.88. The van der Waals surface area contributed by atoms with Crippen molar-refractivity contribution < 1.29 is 14.3 Å². The van der Waals surface area contributed by atoms with Gasteiger partial charge in [0.15, 0.2) is 6.29 Å². The number of hydrogen-bond donors (Lipinski definition) is 0. The van der Waals surface area contributed by atoms with Crippen molar-refractivity contribution in [2.75, 3.05) is 26.3 Å². The summed E-state index contributed by atoms with van der Waals surface area (Å²) in [7, 11) is 0. The number of carbonyl (C=O) groups is 1. The van der Waals surface area contributed by atoms with Crippen LogP contribution in [0.4, 0.5) is 0 Å². The maximum Gasteiger partial charge on any atom is 0.253 e. The molecule has 2 aromatic carbocycles. The fourth-order valence-electron chi connectivity index (χ4n) is 4.24. The van der Waals surface area contributed by atoms with Gasteiger partial charge in [0.05, 0.1) is 13.2 Å². The molecule has 4 rings (SSSR count). The molecular formula is C22H24ClNO3. The summed E-state index contributed by atoms with van der Waals surface area (Å²) < 4.78 is 11.5. The lowest BCUT2D eigenvalue weighted by molar-refractivity contribution is -0.0682. The Morgan fingerprint density at radius 3 is 2.48 bits per heavy atom. The van der Waals surface area contributed by atoms with E-state index in [0.29, 0.717) is 19.8 Å². The van der Waals surface area contributed by atoms with Gasteiger partial charge in [0, 0.05) is 35.5 Å². The maximum absolute atomic E-state index is 13.1. The van der Waals surface area contributed by atoms with Crippen LogP contribution in [0.3, 0.4) is 0 Å². The average Bonchev–Trinajstić information content (AvgIpc) is 3.21. The Bertz CT molecular complexity index is 774. The predicted octanol–water partition coefficient (Wildman–Crippen LogP) is 4.28. The largest absolute Gasteiger partial charge is 0.350 e. The van der Waals surface area contributed by atoms with Gasteiger partial charge in [-0.2, -0.15) is 0 Å². The lowest BCUT2D eigenvalue weighted by Gasteiger charge is -2.44. The minimum absolute atomic E-state index is 0.0851. The minimum atomic E-state index is -0.215. The molecule has 2 aromatic rings. The number of hydrogen-bond acceptors (Lipinski definition) is 3. The molecule has 1 amide bonds. The second kappa shape index (κ2) is 8.01. The number of nitrogens with zero attached hydrogens (tertiary/aromatic N) is 1. The summed E-state index contributed by atoms with van der Waals surface area (Å²) in [4.78, 5) is 15.0. The zero-order chi connectivity index (χ0) is 18.7. The molecule has 0 N–H and O–H groups in total. The average molecular weight is 386 g/mol. The Kier molecular flexibility index (Phi) is 5.48. The first-order valence-electron chi connectivity index (χ1n) is 9.50. The minimum Gasteiger partial charge on any atom is -0.350 e. The van der Waals surface area contributed by atoms with E-state index in [-0.39, 0.29) is 17.6 Å². The number of likely N-dealkylation sites (tertiary alicyclic amines) is 1. The lowest BCUT2D eigenvalue weighted by Crippen LogP contribution is -2.50. The molecule has 5 heteroatoms. The molecule has 2 aliphatic heterocycles. The van der Waals surface area contributed by atoms with Crippen LogP contribution < -0.4 is 0 Å². The number of carbonyl (C=O) groups excluding carboxylic acids is 1. The van der Waals surface area contributed by atoms with Crippen molar-refractivity contribution in [3.63, 3.8) is 0 Å². The first kappa shape index (κ1) is 18.5. The molecule has 1 atom stereocenters. The first-order valence-corrected chi connectivity index (χ1v) is 9.88. The van der Waals surface area contributed by atoms with Gasteiger partial charge in [-0.1, -0.05) is 41.9 Å². The van der Waals surface area contributed by atoms with Crippen molar-refractivity contribution in [1.82, 2.24) is 4.90 Å². The van der Waals surface area contributed by atoms with E-state index < -0.39 is 0 Å². The van der Waals surface area contributed by atoms with Crippen LogP contribution >= 0.6 is 11.6 Å². The third-order valence-electron chi connectivity index (χ3n) is 5.59. The van der Waals surface area contributed by atoms with Gasteiger partial charge >= 0.3 is 0 Å². The van der Waals surface area contributed by atoms with Crippen LogP contribution in [0.25, 0.3) is 0 Å². The quantitative estimate of drug-likeness (QED) is 0.788. The standard InChI is InChI=1S/C22H24ClNO3/c23-19-9-7-18(8-10-19)22(15-20-26-13-14-27-20)11-4-12-24(16-22)21(25)17-5-2-1-3-6-17/h1-3,5-10,20H,4,11-16H2. The summed E-state index contributed by atoms with van der Waals surface area (Å²) in [5.41, 5.74) is 1.73. The van der Waals surface area contributed by atoms with Gasteiger partial charge in [0.1, 0.15) is 0 Å². The van der Waals surface area contributed by atoms with E-state index in [1.807, 2.05) is 47.4 Å². The van der Waals surface area contributed by atoms with Gasteiger partial charge in [-0.05, 0) is 42.7 Å². The predicted molar refractivity (Wildman–Crippen MR) is 105 cm³/mol. The Labute approximate surface area is 165 Å². The van der Waals surface area contributed by atoms with Gasteiger partial charge in [0.25, 0.3) is 5.91 Å². The lowest BCUT2D eigenvalue weighted by atomic mass is 9.71. The fraction of sp³-hybridized carbons (Fsp3) is 0.409. The molecule has 0 radical (unpaired) electrons. The zero-order valence-electron chi connectivity index (χ0n) is 15.3. The zero-order valence-corrected chi connectivity index (χ0v) is 16.0. The van der Waals surface area contributed by atoms with Crippen LogP contribution in [0, 0.1) is 0 Å². The smallest absolute Gasteiger partial charge is 0.253 e. The second-order valence-corrected chi connectivity index (χ2v) is 7.80. The van der Waals surface area contributed by atoms with Crippen LogP contribution in [0.1, 0.15) is 35.2 Å². The molecule has 142 valence electrons. The van der Waals surface area contributed by atoms with Crippen LogP contribution in [0.2, 0.25) is 5.02 Å². The topological polar surface area (TPSA) is 38.8 Å². The van der Waals surface area contributed by atoms with Crippen molar-refractivity contribution in [1.29, 1.82) is 0 Å². The van der Waals surface area contributed by atoms with Crippen molar-refractivity contribution in [3.05, 3.63) is 70.7 Å². The second-order valence-electron chi connectivity index (χ2n) is 7.36. The van der Waals surface area contributed by atoms with Gasteiger partial charge in [-0.25, -0.2) is 0 Å². The Morgan fingerprint density at radius 1 is 1.07 bits per heavy atom. The third-order valence-corrected chi connectivity index (χ3v) is 5.84. The summed E-state index contributed by atoms with van der Waals surface area (Å²) in [6.45, 7) is 2.70. The highest BCUT2D eigenvalue weighted by atomic mass is 35.5. The number of benzene rings is 2. The number of ether oxygens (including phenoxy) is 2. The Morgan fingerprint density at radius 2 is 1.78 bits per heavy atom. The van der Waals surface area contributed by atoms with Crippen LogP contribution in [0.5, 0.6) is 0 Å². The third kappa shape index (κ3) is 4.03. The van der Waals surface area contributed by atoms with E-state index in [0.717, 1.165) is 36.4 Å². The van der Waals surface area contributed by atoms with Crippen LogP contribution in [-0.2, 0) is 14.9 Å². The number of amides is 1. The normalized spacial score (nSPS) is 23.5. The maximum atomic E-state index is 13.1. The molecule has 0 aliphatic carbocycles. The highest BCUT2D eigenvalue weighted by molar-refractivity contribution is 6.30. The molecule has 1 unspecified atom stereocenters. The molecule has 2 saturated heterocycles. The molecule has 27 heavy (non-hydrogen) atoms. The Balaban J connectivity index is 1.63. The van der Waals surface area contributed by atoms with Gasteiger partial charge < -0.3 is 14.4 Å². The van der Waals surface area contributed by atoms with Crippen LogP contribution in [-0.4, -0.2) is 43.4 Å². The van der Waals surface area contributed by atoms with E-state index >= 15 is 0 Å². The molecule has 0 aromatic heterocycles. The summed E-state index contributed by atoms with van der Waals surface area (Å²) in [5, 5.41) is 0.718. The number of halogens is 1. The molecule has 4 nitrogen and oxygen atoms in total. The SMILES string of the molecule is O=C(c1ccccc1)N1CCCC(CC2OCCO2)(c2ccc(Cl)cc2)C1. The highest BCUT2D eigenvalue weighted by Crippen LogP contribution is 2.40. The van der Waals surface area contributed by atoms with Gasteiger partial charge in [-0.15, -0.1) is 0 Å². The molecule has 2 fully saturated rings. The van der Waals surface area contributed by atoms with Crippen molar-refractivity contribution in [3.8, 4) is 0 Å². The van der Waals surface area contributed by atoms with E-state index in [1.165, 1.54) is 5.56 Å². The molecular weight excluding hydrogens is 362 g/mol. The molecule has 0 saturated carbocycles. The summed E-state index contributed by atoms with van der Waals surface area (Å²) >= 11 is 6.11. The molecule has 0 bridgehead atoms. The van der Waals surface area contributed by atoms with E-state index in [2.05, 4.69) is 12.1 Å². The molecule has 0 spiro atoms.